The first-order valence-electron chi connectivity index (χ1n) is 11.8. The van der Waals surface area contributed by atoms with E-state index >= 15 is 0 Å². The zero-order valence-electron chi connectivity index (χ0n) is 18.5. The molecular weight excluding hydrogens is 402 g/mol. The molecule has 1 spiro atoms. The van der Waals surface area contributed by atoms with Gasteiger partial charge in [0.05, 0.1) is 24.7 Å². The zero-order chi connectivity index (χ0) is 21.7. The summed E-state index contributed by atoms with van der Waals surface area (Å²) in [6, 6.07) is 14.8. The van der Waals surface area contributed by atoms with Crippen LogP contribution in [0, 0.1) is 5.41 Å². The Morgan fingerprint density at radius 1 is 0.969 bits per heavy atom. The third-order valence-corrected chi connectivity index (χ3v) is 7.60. The molecule has 0 unspecified atom stereocenters. The van der Waals surface area contributed by atoms with Gasteiger partial charge in [-0.3, -0.25) is 9.69 Å². The Kier molecular flexibility index (Phi) is 4.97. The number of anilines is 1. The average molecular weight is 434 g/mol. The normalized spacial score (nSPS) is 22.7. The van der Waals surface area contributed by atoms with Gasteiger partial charge in [-0.15, -0.1) is 0 Å². The van der Waals surface area contributed by atoms with E-state index in [-0.39, 0.29) is 5.91 Å². The van der Waals surface area contributed by atoms with Crippen LogP contribution in [0.4, 0.5) is 5.69 Å². The van der Waals surface area contributed by atoms with Gasteiger partial charge in [0.2, 0.25) is 0 Å². The maximum absolute atomic E-state index is 13.1. The van der Waals surface area contributed by atoms with Crippen molar-refractivity contribution >= 4 is 11.6 Å². The molecule has 6 rings (SSSR count). The Morgan fingerprint density at radius 3 is 2.53 bits per heavy atom. The first kappa shape index (κ1) is 20.2. The predicted molar refractivity (Wildman–Crippen MR) is 123 cm³/mol. The second kappa shape index (κ2) is 7.87. The van der Waals surface area contributed by atoms with Crippen molar-refractivity contribution in [1.29, 1.82) is 0 Å². The van der Waals surface area contributed by atoms with Crippen molar-refractivity contribution in [2.45, 2.75) is 25.5 Å². The number of β-amino-alcohol motifs (C(OH)–C–C–N with tert-alkyl or cyclic N) is 1. The van der Waals surface area contributed by atoms with E-state index in [1.807, 2.05) is 11.0 Å². The lowest BCUT2D eigenvalue weighted by molar-refractivity contribution is -0.127. The molecule has 1 N–H and O–H groups in total. The monoisotopic (exact) mass is 433 g/mol. The molecule has 168 valence electrons. The summed E-state index contributed by atoms with van der Waals surface area (Å²) in [7, 11) is 0. The molecule has 6 nitrogen and oxygen atoms in total. The summed E-state index contributed by atoms with van der Waals surface area (Å²) in [5, 5.41) is 10.7. The number of carbonyl (C=O) groups is 1. The standard InChI is InChI=1S/C26H31N3O3/c30-23(13-27-9-7-19-3-1-2-4-21(19)12-27)14-28-10-8-20-11-22(5-6-24(20)25(28)31)29-15-26(16-29)17-32-18-26/h1-6,11,23,30H,7-10,12-18H2/t23-/m1/s1. The van der Waals surface area contributed by atoms with Crippen molar-refractivity contribution < 1.29 is 14.6 Å². The van der Waals surface area contributed by atoms with Crippen LogP contribution >= 0.6 is 0 Å². The molecule has 2 aromatic carbocycles. The molecule has 4 heterocycles. The second-order valence-electron chi connectivity index (χ2n) is 10.1. The average Bonchev–Trinajstić information content (AvgIpc) is 2.74. The van der Waals surface area contributed by atoms with Crippen LogP contribution < -0.4 is 4.90 Å². The van der Waals surface area contributed by atoms with Gasteiger partial charge in [0.25, 0.3) is 5.91 Å². The van der Waals surface area contributed by atoms with Gasteiger partial charge in [0.15, 0.2) is 0 Å². The number of nitrogens with zero attached hydrogens (tertiary/aromatic N) is 3. The van der Waals surface area contributed by atoms with Crippen LogP contribution in [0.1, 0.15) is 27.0 Å². The van der Waals surface area contributed by atoms with Crippen molar-refractivity contribution in [3.63, 3.8) is 0 Å². The lowest BCUT2D eigenvalue weighted by atomic mass is 9.77. The van der Waals surface area contributed by atoms with Crippen LogP contribution in [0.5, 0.6) is 0 Å². The van der Waals surface area contributed by atoms with Crippen molar-refractivity contribution in [3.8, 4) is 0 Å². The number of rotatable bonds is 5. The molecule has 2 fully saturated rings. The van der Waals surface area contributed by atoms with Crippen LogP contribution in [0.25, 0.3) is 0 Å². The summed E-state index contributed by atoms with van der Waals surface area (Å²) in [4.78, 5) is 19.6. The molecule has 4 aliphatic heterocycles. The highest BCUT2D eigenvalue weighted by Gasteiger charge is 2.49. The summed E-state index contributed by atoms with van der Waals surface area (Å²) in [5.41, 5.74) is 6.29. The van der Waals surface area contributed by atoms with E-state index in [1.54, 1.807) is 0 Å². The van der Waals surface area contributed by atoms with E-state index in [4.69, 9.17) is 4.74 Å². The van der Waals surface area contributed by atoms with Crippen molar-refractivity contribution in [2.75, 3.05) is 57.4 Å². The molecule has 0 aromatic heterocycles. The van der Waals surface area contributed by atoms with Crippen LogP contribution in [0.2, 0.25) is 0 Å². The number of amides is 1. The first-order chi connectivity index (χ1) is 15.6. The van der Waals surface area contributed by atoms with Crippen LogP contribution in [0.3, 0.4) is 0 Å². The fourth-order valence-electron chi connectivity index (χ4n) is 5.73. The maximum Gasteiger partial charge on any atom is 0.254 e. The topological polar surface area (TPSA) is 56.3 Å². The maximum atomic E-state index is 13.1. The van der Waals surface area contributed by atoms with Crippen LogP contribution in [0.15, 0.2) is 42.5 Å². The van der Waals surface area contributed by atoms with Crippen molar-refractivity contribution in [2.24, 2.45) is 5.41 Å². The highest BCUT2D eigenvalue weighted by molar-refractivity contribution is 5.97. The Hall–Kier alpha value is -2.41. The number of ether oxygens (including phenoxy) is 1. The fourth-order valence-corrected chi connectivity index (χ4v) is 5.73. The van der Waals surface area contributed by atoms with E-state index in [0.717, 1.165) is 63.4 Å². The van der Waals surface area contributed by atoms with Gasteiger partial charge in [-0.05, 0) is 47.7 Å². The van der Waals surface area contributed by atoms with Crippen molar-refractivity contribution in [1.82, 2.24) is 9.80 Å². The fraction of sp³-hybridized carbons (Fsp3) is 0.500. The second-order valence-corrected chi connectivity index (χ2v) is 10.1. The number of benzene rings is 2. The van der Waals surface area contributed by atoms with Gasteiger partial charge in [-0.25, -0.2) is 0 Å². The molecule has 6 heteroatoms. The quantitative estimate of drug-likeness (QED) is 0.781. The number of aliphatic hydroxyl groups is 1. The molecule has 4 aliphatic rings. The van der Waals surface area contributed by atoms with Gasteiger partial charge >= 0.3 is 0 Å². The Bertz CT molecular complexity index is 1030. The van der Waals surface area contributed by atoms with E-state index in [2.05, 4.69) is 46.2 Å². The molecule has 32 heavy (non-hydrogen) atoms. The molecule has 0 radical (unpaired) electrons. The molecule has 0 saturated carbocycles. The molecule has 0 bridgehead atoms. The highest BCUT2D eigenvalue weighted by atomic mass is 16.5. The van der Waals surface area contributed by atoms with E-state index < -0.39 is 6.10 Å². The number of carbonyl (C=O) groups excluding carboxylic acids is 1. The molecule has 2 saturated heterocycles. The van der Waals surface area contributed by atoms with Crippen molar-refractivity contribution in [3.05, 3.63) is 64.7 Å². The van der Waals surface area contributed by atoms with Crippen LogP contribution in [-0.4, -0.2) is 79.4 Å². The van der Waals surface area contributed by atoms with E-state index in [1.165, 1.54) is 16.8 Å². The smallest absolute Gasteiger partial charge is 0.254 e. The van der Waals surface area contributed by atoms with Gasteiger partial charge in [-0.2, -0.15) is 0 Å². The molecular formula is C26H31N3O3. The lowest BCUT2D eigenvalue weighted by Crippen LogP contribution is -2.66. The number of aliphatic hydroxyl groups excluding tert-OH is 1. The van der Waals surface area contributed by atoms with Gasteiger partial charge in [0, 0.05) is 57.1 Å². The Balaban J connectivity index is 1.06. The third-order valence-electron chi connectivity index (χ3n) is 7.60. The van der Waals surface area contributed by atoms with E-state index in [0.29, 0.717) is 25.0 Å². The summed E-state index contributed by atoms with van der Waals surface area (Å²) in [6.45, 7) is 7.37. The summed E-state index contributed by atoms with van der Waals surface area (Å²) >= 11 is 0. The minimum atomic E-state index is -0.535. The Labute approximate surface area is 189 Å². The van der Waals surface area contributed by atoms with Gasteiger partial charge in [0.1, 0.15) is 0 Å². The summed E-state index contributed by atoms with van der Waals surface area (Å²) in [6.07, 6.45) is 1.33. The molecule has 0 aliphatic carbocycles. The molecule has 1 amide bonds. The van der Waals surface area contributed by atoms with E-state index in [9.17, 15) is 9.90 Å². The molecule has 2 aromatic rings. The first-order valence-corrected chi connectivity index (χ1v) is 11.8. The third kappa shape index (κ3) is 3.60. The highest BCUT2D eigenvalue weighted by Crippen LogP contribution is 2.40. The number of hydrogen-bond acceptors (Lipinski definition) is 5. The zero-order valence-corrected chi connectivity index (χ0v) is 18.5. The largest absolute Gasteiger partial charge is 0.390 e. The number of fused-ring (bicyclic) bond motifs is 2. The molecule has 1 atom stereocenters. The predicted octanol–water partition coefficient (Wildman–Crippen LogP) is 1.94. The lowest BCUT2D eigenvalue weighted by Gasteiger charge is -2.56. The Morgan fingerprint density at radius 2 is 1.75 bits per heavy atom. The van der Waals surface area contributed by atoms with Crippen LogP contribution in [-0.2, 0) is 24.1 Å². The minimum Gasteiger partial charge on any atom is -0.390 e. The van der Waals surface area contributed by atoms with Gasteiger partial charge in [-0.1, -0.05) is 24.3 Å². The SMILES string of the molecule is O=C1c2ccc(N3CC4(COC4)C3)cc2CCN1C[C@H](O)CN1CCc2ccccc2C1. The van der Waals surface area contributed by atoms with Gasteiger partial charge < -0.3 is 19.6 Å². The number of hydrogen-bond donors (Lipinski definition) is 1. The summed E-state index contributed by atoms with van der Waals surface area (Å²) in [5.74, 6) is 0.0494. The summed E-state index contributed by atoms with van der Waals surface area (Å²) < 4.78 is 5.38. The minimum absolute atomic E-state index is 0.0494.